The first kappa shape index (κ1) is 13.3. The van der Waals surface area contributed by atoms with Crippen LogP contribution in [0.1, 0.15) is 16.5 Å². The van der Waals surface area contributed by atoms with E-state index in [2.05, 4.69) is 4.74 Å². The Labute approximate surface area is 113 Å². The molecule has 2 aromatic rings. The van der Waals surface area contributed by atoms with Gasteiger partial charge in [-0.15, -0.1) is 11.6 Å². The zero-order valence-corrected chi connectivity index (χ0v) is 10.9. The highest BCUT2D eigenvalue weighted by molar-refractivity contribution is 7.07. The minimum atomic E-state index is -2.84. The Morgan fingerprint density at radius 2 is 2.00 bits per heavy atom. The van der Waals surface area contributed by atoms with Crippen LogP contribution in [-0.4, -0.2) is 6.61 Å². The fourth-order valence-electron chi connectivity index (χ4n) is 1.67. The Balaban J connectivity index is 2.16. The van der Waals surface area contributed by atoms with Gasteiger partial charge in [0.2, 0.25) is 0 Å². The van der Waals surface area contributed by atoms with Gasteiger partial charge >= 0.3 is 6.61 Å². The molecular formula is C13H11ClF2OS. The van der Waals surface area contributed by atoms with E-state index in [1.165, 1.54) is 6.07 Å². The second kappa shape index (κ2) is 6.16. The van der Waals surface area contributed by atoms with Crippen LogP contribution in [0.25, 0.3) is 0 Å². The summed E-state index contributed by atoms with van der Waals surface area (Å²) in [6, 6.07) is 8.59. The average Bonchev–Trinajstić information content (AvgIpc) is 2.81. The molecule has 0 aliphatic heterocycles. The minimum Gasteiger partial charge on any atom is -0.434 e. The van der Waals surface area contributed by atoms with Gasteiger partial charge in [0.05, 0.1) is 5.38 Å². The van der Waals surface area contributed by atoms with Crippen molar-refractivity contribution in [3.05, 3.63) is 52.2 Å². The van der Waals surface area contributed by atoms with Crippen molar-refractivity contribution in [3.63, 3.8) is 0 Å². The van der Waals surface area contributed by atoms with Gasteiger partial charge in [-0.25, -0.2) is 0 Å². The Hall–Kier alpha value is -1.13. The van der Waals surface area contributed by atoms with E-state index < -0.39 is 6.61 Å². The number of thiophene rings is 1. The molecule has 1 unspecified atom stereocenters. The first-order chi connectivity index (χ1) is 8.66. The molecule has 0 spiro atoms. The van der Waals surface area contributed by atoms with E-state index in [1.807, 2.05) is 16.8 Å². The van der Waals surface area contributed by atoms with Crippen LogP contribution in [-0.2, 0) is 6.42 Å². The average molecular weight is 289 g/mol. The molecule has 0 saturated heterocycles. The van der Waals surface area contributed by atoms with Crippen molar-refractivity contribution in [2.24, 2.45) is 0 Å². The highest BCUT2D eigenvalue weighted by Gasteiger charge is 2.16. The second-order valence-electron chi connectivity index (χ2n) is 3.72. The predicted molar refractivity (Wildman–Crippen MR) is 69.7 cm³/mol. The molecule has 5 heteroatoms. The van der Waals surface area contributed by atoms with Gasteiger partial charge in [-0.05, 0) is 34.9 Å². The van der Waals surface area contributed by atoms with Gasteiger partial charge in [0, 0.05) is 5.56 Å². The molecule has 0 N–H and O–H groups in total. The van der Waals surface area contributed by atoms with E-state index in [4.69, 9.17) is 11.6 Å². The monoisotopic (exact) mass is 288 g/mol. The van der Waals surface area contributed by atoms with Crippen LogP contribution >= 0.6 is 22.9 Å². The normalized spacial score (nSPS) is 12.7. The van der Waals surface area contributed by atoms with E-state index in [9.17, 15) is 8.78 Å². The van der Waals surface area contributed by atoms with Crippen LogP contribution in [0.5, 0.6) is 5.75 Å². The summed E-state index contributed by atoms with van der Waals surface area (Å²) in [5.41, 5.74) is 1.68. The molecule has 0 aliphatic carbocycles. The lowest BCUT2D eigenvalue weighted by Gasteiger charge is -2.14. The second-order valence-corrected chi connectivity index (χ2v) is 5.03. The quantitative estimate of drug-likeness (QED) is 0.713. The van der Waals surface area contributed by atoms with Crippen LogP contribution < -0.4 is 4.74 Å². The summed E-state index contributed by atoms with van der Waals surface area (Å²) in [7, 11) is 0. The summed E-state index contributed by atoms with van der Waals surface area (Å²) in [6.45, 7) is -2.84. The Morgan fingerprint density at radius 3 is 2.67 bits per heavy atom. The van der Waals surface area contributed by atoms with Gasteiger partial charge in [0.25, 0.3) is 0 Å². The van der Waals surface area contributed by atoms with Gasteiger partial charge in [-0.3, -0.25) is 0 Å². The standard InChI is InChI=1S/C13H11ClF2OS/c14-11(7-9-5-6-18-8-9)10-3-1-2-4-12(10)17-13(15)16/h1-6,8,11,13H,7H2. The predicted octanol–water partition coefficient (Wildman–Crippen LogP) is 4.87. The molecule has 0 amide bonds. The number of rotatable bonds is 5. The van der Waals surface area contributed by atoms with Crippen molar-refractivity contribution in [3.8, 4) is 5.75 Å². The number of ether oxygens (including phenoxy) is 1. The van der Waals surface area contributed by atoms with Crippen molar-refractivity contribution in [2.75, 3.05) is 0 Å². The topological polar surface area (TPSA) is 9.23 Å². The highest BCUT2D eigenvalue weighted by atomic mass is 35.5. The molecule has 0 fully saturated rings. The lowest BCUT2D eigenvalue weighted by molar-refractivity contribution is -0.0504. The maximum Gasteiger partial charge on any atom is 0.387 e. The van der Waals surface area contributed by atoms with Gasteiger partial charge in [-0.1, -0.05) is 18.2 Å². The van der Waals surface area contributed by atoms with Crippen LogP contribution in [0.4, 0.5) is 8.78 Å². The SMILES string of the molecule is FC(F)Oc1ccccc1C(Cl)Cc1ccsc1. The number of benzene rings is 1. The zero-order chi connectivity index (χ0) is 13.0. The maximum absolute atomic E-state index is 12.3. The summed E-state index contributed by atoms with van der Waals surface area (Å²) in [4.78, 5) is 0. The van der Waals surface area contributed by atoms with Crippen LogP contribution in [0.2, 0.25) is 0 Å². The molecule has 0 saturated carbocycles. The van der Waals surface area contributed by atoms with Crippen molar-refractivity contribution >= 4 is 22.9 Å². The molecule has 1 nitrogen and oxygen atoms in total. The lowest BCUT2D eigenvalue weighted by Crippen LogP contribution is -2.06. The molecule has 1 atom stereocenters. The maximum atomic E-state index is 12.3. The van der Waals surface area contributed by atoms with Crippen LogP contribution in [0.15, 0.2) is 41.1 Å². The van der Waals surface area contributed by atoms with Gasteiger partial charge in [-0.2, -0.15) is 20.1 Å². The van der Waals surface area contributed by atoms with Crippen molar-refractivity contribution < 1.29 is 13.5 Å². The van der Waals surface area contributed by atoms with Crippen molar-refractivity contribution in [1.82, 2.24) is 0 Å². The highest BCUT2D eigenvalue weighted by Crippen LogP contribution is 2.33. The Bertz CT molecular complexity index is 487. The summed E-state index contributed by atoms with van der Waals surface area (Å²) < 4.78 is 29.0. The van der Waals surface area contributed by atoms with Gasteiger partial charge in [0.15, 0.2) is 0 Å². The molecule has 18 heavy (non-hydrogen) atoms. The lowest BCUT2D eigenvalue weighted by atomic mass is 10.1. The molecule has 96 valence electrons. The zero-order valence-electron chi connectivity index (χ0n) is 9.35. The number of para-hydroxylation sites is 1. The molecule has 1 aromatic carbocycles. The van der Waals surface area contributed by atoms with Crippen LogP contribution in [0, 0.1) is 0 Å². The molecule has 1 aromatic heterocycles. The molecular weight excluding hydrogens is 278 g/mol. The van der Waals surface area contributed by atoms with E-state index >= 15 is 0 Å². The molecule has 0 bridgehead atoms. The van der Waals surface area contributed by atoms with Gasteiger partial charge in [0.1, 0.15) is 5.75 Å². The first-order valence-corrected chi connectivity index (χ1v) is 6.73. The molecule has 2 rings (SSSR count). The third kappa shape index (κ3) is 3.43. The van der Waals surface area contributed by atoms with E-state index in [0.29, 0.717) is 12.0 Å². The summed E-state index contributed by atoms with van der Waals surface area (Å²) in [6.07, 6.45) is 0.592. The third-order valence-corrected chi connectivity index (χ3v) is 3.59. The van der Waals surface area contributed by atoms with Crippen molar-refractivity contribution in [2.45, 2.75) is 18.4 Å². The van der Waals surface area contributed by atoms with E-state index in [-0.39, 0.29) is 11.1 Å². The Kier molecular flexibility index (Phi) is 4.55. The number of halogens is 3. The fraction of sp³-hybridized carbons (Fsp3) is 0.231. The van der Waals surface area contributed by atoms with E-state index in [1.54, 1.807) is 29.5 Å². The fourth-order valence-corrected chi connectivity index (χ4v) is 2.71. The number of alkyl halides is 3. The van der Waals surface area contributed by atoms with Crippen molar-refractivity contribution in [1.29, 1.82) is 0 Å². The van der Waals surface area contributed by atoms with Crippen LogP contribution in [0.3, 0.4) is 0 Å². The third-order valence-electron chi connectivity index (χ3n) is 2.47. The smallest absolute Gasteiger partial charge is 0.387 e. The molecule has 0 aliphatic rings. The molecule has 0 radical (unpaired) electrons. The summed E-state index contributed by atoms with van der Waals surface area (Å²) >= 11 is 7.85. The number of hydrogen-bond acceptors (Lipinski definition) is 2. The minimum absolute atomic E-state index is 0.141. The summed E-state index contributed by atoms with van der Waals surface area (Å²) in [5, 5.41) is 3.57. The Morgan fingerprint density at radius 1 is 1.22 bits per heavy atom. The number of hydrogen-bond donors (Lipinski definition) is 0. The van der Waals surface area contributed by atoms with E-state index in [0.717, 1.165) is 5.56 Å². The largest absolute Gasteiger partial charge is 0.434 e. The first-order valence-electron chi connectivity index (χ1n) is 5.35. The molecule has 1 heterocycles. The van der Waals surface area contributed by atoms with Gasteiger partial charge < -0.3 is 4.74 Å². The summed E-state index contributed by atoms with van der Waals surface area (Å²) in [5.74, 6) is 0.141.